The standard InChI is InChI=1S/C23H24N6O2/c1-15-12-18-17(21(25)30)8-5-9-19(18)29(15)23-27-14-20(31-11-10-24)22(28-23)26-13-16-6-3-2-4-7-16/h2-9,12,14H,10-11,13,24H2,1H3,(H2,25,30)(H,26,27,28). The van der Waals surface area contributed by atoms with E-state index in [1.807, 2.05) is 54.0 Å². The van der Waals surface area contributed by atoms with E-state index >= 15 is 0 Å². The number of carbonyl (C=O) groups is 1. The van der Waals surface area contributed by atoms with Crippen LogP contribution >= 0.6 is 0 Å². The maximum atomic E-state index is 11.8. The van der Waals surface area contributed by atoms with Gasteiger partial charge in [-0.1, -0.05) is 36.4 Å². The van der Waals surface area contributed by atoms with Gasteiger partial charge in [-0.15, -0.1) is 0 Å². The second-order valence-electron chi connectivity index (χ2n) is 7.08. The summed E-state index contributed by atoms with van der Waals surface area (Å²) >= 11 is 0. The van der Waals surface area contributed by atoms with Gasteiger partial charge in [0.25, 0.3) is 0 Å². The molecular formula is C23H24N6O2. The molecule has 5 N–H and O–H groups in total. The molecule has 0 fully saturated rings. The van der Waals surface area contributed by atoms with Gasteiger partial charge < -0.3 is 21.5 Å². The lowest BCUT2D eigenvalue weighted by Gasteiger charge is -2.14. The van der Waals surface area contributed by atoms with Crippen molar-refractivity contribution < 1.29 is 9.53 Å². The number of fused-ring (bicyclic) bond motifs is 1. The Morgan fingerprint density at radius 3 is 2.71 bits per heavy atom. The summed E-state index contributed by atoms with van der Waals surface area (Å²) in [4.78, 5) is 21.1. The van der Waals surface area contributed by atoms with Crippen molar-refractivity contribution in [1.82, 2.24) is 14.5 Å². The van der Waals surface area contributed by atoms with Crippen LogP contribution in [0.5, 0.6) is 5.75 Å². The number of nitrogens with two attached hydrogens (primary N) is 2. The number of anilines is 1. The van der Waals surface area contributed by atoms with Crippen molar-refractivity contribution in [2.24, 2.45) is 11.5 Å². The van der Waals surface area contributed by atoms with Gasteiger partial charge in [0.1, 0.15) is 6.61 Å². The summed E-state index contributed by atoms with van der Waals surface area (Å²) in [5, 5.41) is 4.10. The van der Waals surface area contributed by atoms with Crippen LogP contribution in [0.1, 0.15) is 21.6 Å². The Morgan fingerprint density at radius 1 is 1.16 bits per heavy atom. The molecule has 0 spiro atoms. The molecule has 0 aliphatic carbocycles. The summed E-state index contributed by atoms with van der Waals surface area (Å²) in [6.07, 6.45) is 1.63. The first-order valence-corrected chi connectivity index (χ1v) is 9.97. The van der Waals surface area contributed by atoms with Crippen LogP contribution in [0, 0.1) is 6.92 Å². The van der Waals surface area contributed by atoms with E-state index in [9.17, 15) is 4.79 Å². The molecule has 4 rings (SSSR count). The molecule has 2 heterocycles. The van der Waals surface area contributed by atoms with Crippen LogP contribution in [-0.2, 0) is 6.54 Å². The van der Waals surface area contributed by atoms with E-state index in [1.54, 1.807) is 18.3 Å². The Bertz CT molecular complexity index is 1220. The van der Waals surface area contributed by atoms with E-state index < -0.39 is 5.91 Å². The minimum absolute atomic E-state index is 0.357. The topological polar surface area (TPSA) is 121 Å². The van der Waals surface area contributed by atoms with E-state index in [0.29, 0.717) is 42.8 Å². The molecule has 0 bridgehead atoms. The molecule has 0 saturated heterocycles. The lowest BCUT2D eigenvalue weighted by Crippen LogP contribution is -2.14. The summed E-state index contributed by atoms with van der Waals surface area (Å²) in [6, 6.07) is 17.3. The maximum absolute atomic E-state index is 11.8. The molecule has 0 saturated carbocycles. The lowest BCUT2D eigenvalue weighted by atomic mass is 10.1. The minimum atomic E-state index is -0.473. The minimum Gasteiger partial charge on any atom is -0.487 e. The number of aromatic nitrogens is 3. The van der Waals surface area contributed by atoms with Crippen LogP contribution in [0.25, 0.3) is 16.9 Å². The SMILES string of the molecule is Cc1cc2c(C(N)=O)cccc2n1-c1ncc(OCCN)c(NCc2ccccc2)n1. The first-order valence-electron chi connectivity index (χ1n) is 9.97. The Morgan fingerprint density at radius 2 is 1.97 bits per heavy atom. The molecule has 0 unspecified atom stereocenters. The number of ether oxygens (including phenoxy) is 1. The van der Waals surface area contributed by atoms with Gasteiger partial charge >= 0.3 is 0 Å². The number of carbonyl (C=O) groups excluding carboxylic acids is 1. The van der Waals surface area contributed by atoms with Crippen molar-refractivity contribution in [1.29, 1.82) is 0 Å². The highest BCUT2D eigenvalue weighted by atomic mass is 16.5. The molecular weight excluding hydrogens is 392 g/mol. The van der Waals surface area contributed by atoms with Gasteiger partial charge in [-0.2, -0.15) is 4.98 Å². The van der Waals surface area contributed by atoms with Crippen molar-refractivity contribution in [2.45, 2.75) is 13.5 Å². The van der Waals surface area contributed by atoms with E-state index in [4.69, 9.17) is 21.2 Å². The molecule has 0 radical (unpaired) electrons. The Kier molecular flexibility index (Phi) is 5.81. The molecule has 2 aromatic heterocycles. The number of hydrogen-bond donors (Lipinski definition) is 3. The lowest BCUT2D eigenvalue weighted by molar-refractivity contribution is 0.100. The van der Waals surface area contributed by atoms with Crippen LogP contribution in [0.4, 0.5) is 5.82 Å². The second kappa shape index (κ2) is 8.85. The van der Waals surface area contributed by atoms with E-state index in [0.717, 1.165) is 22.2 Å². The van der Waals surface area contributed by atoms with E-state index in [1.165, 1.54) is 0 Å². The van der Waals surface area contributed by atoms with Gasteiger partial charge in [0.15, 0.2) is 11.6 Å². The average Bonchev–Trinajstić information content (AvgIpc) is 3.12. The average molecular weight is 416 g/mol. The summed E-state index contributed by atoms with van der Waals surface area (Å²) < 4.78 is 7.62. The number of rotatable bonds is 8. The number of primary amides is 1. The van der Waals surface area contributed by atoms with Gasteiger partial charge in [0, 0.05) is 29.7 Å². The number of benzene rings is 2. The van der Waals surface area contributed by atoms with Gasteiger partial charge in [-0.05, 0) is 30.7 Å². The highest BCUT2D eigenvalue weighted by molar-refractivity contribution is 6.06. The van der Waals surface area contributed by atoms with Crippen molar-refractivity contribution in [2.75, 3.05) is 18.5 Å². The Balaban J connectivity index is 1.76. The molecule has 31 heavy (non-hydrogen) atoms. The highest BCUT2D eigenvalue weighted by Crippen LogP contribution is 2.28. The molecule has 4 aromatic rings. The third-order valence-electron chi connectivity index (χ3n) is 4.92. The first kappa shape index (κ1) is 20.4. The normalized spacial score (nSPS) is 10.9. The predicted molar refractivity (Wildman–Crippen MR) is 120 cm³/mol. The van der Waals surface area contributed by atoms with Gasteiger partial charge in [-0.25, -0.2) is 4.98 Å². The fraction of sp³-hybridized carbons (Fsp3) is 0.174. The number of hydrogen-bond acceptors (Lipinski definition) is 6. The first-order chi connectivity index (χ1) is 15.1. The van der Waals surface area contributed by atoms with Gasteiger partial charge in [0.05, 0.1) is 11.7 Å². The van der Waals surface area contributed by atoms with Crippen molar-refractivity contribution in [3.8, 4) is 11.7 Å². The fourth-order valence-corrected chi connectivity index (χ4v) is 3.50. The predicted octanol–water partition coefficient (Wildman–Crippen LogP) is 2.78. The summed E-state index contributed by atoms with van der Waals surface area (Å²) in [7, 11) is 0. The molecule has 8 heteroatoms. The number of nitrogens with one attached hydrogen (secondary N) is 1. The quantitative estimate of drug-likeness (QED) is 0.406. The summed E-state index contributed by atoms with van der Waals surface area (Å²) in [6.45, 7) is 3.25. The molecule has 158 valence electrons. The zero-order valence-corrected chi connectivity index (χ0v) is 17.2. The number of nitrogens with zero attached hydrogens (tertiary/aromatic N) is 3. The highest BCUT2D eigenvalue weighted by Gasteiger charge is 2.17. The molecule has 0 aliphatic rings. The third-order valence-corrected chi connectivity index (χ3v) is 4.92. The zero-order valence-electron chi connectivity index (χ0n) is 17.2. The van der Waals surface area contributed by atoms with Gasteiger partial charge in [0.2, 0.25) is 11.9 Å². The van der Waals surface area contributed by atoms with Crippen LogP contribution in [0.3, 0.4) is 0 Å². The molecule has 2 aromatic carbocycles. The third kappa shape index (κ3) is 4.19. The van der Waals surface area contributed by atoms with Crippen LogP contribution in [-0.4, -0.2) is 33.6 Å². The molecule has 1 amide bonds. The van der Waals surface area contributed by atoms with E-state index in [2.05, 4.69) is 10.3 Å². The Hall–Kier alpha value is -3.91. The molecule has 0 atom stereocenters. The van der Waals surface area contributed by atoms with E-state index in [-0.39, 0.29) is 0 Å². The van der Waals surface area contributed by atoms with Crippen LogP contribution < -0.4 is 21.5 Å². The Labute approximate surface area is 179 Å². The van der Waals surface area contributed by atoms with Crippen molar-refractivity contribution >= 4 is 22.6 Å². The summed E-state index contributed by atoms with van der Waals surface area (Å²) in [5.74, 6) is 1.08. The summed E-state index contributed by atoms with van der Waals surface area (Å²) in [5.41, 5.74) is 14.4. The van der Waals surface area contributed by atoms with Crippen molar-refractivity contribution in [3.05, 3.63) is 77.6 Å². The van der Waals surface area contributed by atoms with Crippen LogP contribution in [0.15, 0.2) is 60.8 Å². The largest absolute Gasteiger partial charge is 0.487 e. The smallest absolute Gasteiger partial charge is 0.249 e. The van der Waals surface area contributed by atoms with Crippen LogP contribution in [0.2, 0.25) is 0 Å². The monoisotopic (exact) mass is 416 g/mol. The van der Waals surface area contributed by atoms with Gasteiger partial charge in [-0.3, -0.25) is 9.36 Å². The molecule has 8 nitrogen and oxygen atoms in total. The zero-order chi connectivity index (χ0) is 21.8. The number of amides is 1. The maximum Gasteiger partial charge on any atom is 0.249 e. The number of aryl methyl sites for hydroxylation is 1. The van der Waals surface area contributed by atoms with Crippen molar-refractivity contribution in [3.63, 3.8) is 0 Å². The fourth-order valence-electron chi connectivity index (χ4n) is 3.50. The molecule has 0 aliphatic heterocycles. The second-order valence-corrected chi connectivity index (χ2v) is 7.08.